The maximum absolute atomic E-state index is 11.7. The SMILES string of the molecule is CCC1OCCC1C(=O)NCCCC(=O)O. The number of carbonyl (C=O) groups is 2. The number of hydrogen-bond donors (Lipinski definition) is 2. The Bertz CT molecular complexity index is 254. The fourth-order valence-electron chi connectivity index (χ4n) is 1.93. The Labute approximate surface area is 95.2 Å². The number of carboxylic acids is 1. The molecule has 92 valence electrons. The summed E-state index contributed by atoms with van der Waals surface area (Å²) in [6, 6.07) is 0. The summed E-state index contributed by atoms with van der Waals surface area (Å²) in [5.41, 5.74) is 0. The topological polar surface area (TPSA) is 75.6 Å². The number of rotatable bonds is 6. The predicted molar refractivity (Wildman–Crippen MR) is 58.0 cm³/mol. The Kier molecular flexibility index (Phi) is 5.25. The van der Waals surface area contributed by atoms with E-state index in [2.05, 4.69) is 5.32 Å². The lowest BCUT2D eigenvalue weighted by Gasteiger charge is -2.16. The lowest BCUT2D eigenvalue weighted by molar-refractivity contribution is -0.137. The smallest absolute Gasteiger partial charge is 0.303 e. The first kappa shape index (κ1) is 13.0. The van der Waals surface area contributed by atoms with Gasteiger partial charge in [-0.2, -0.15) is 0 Å². The van der Waals surface area contributed by atoms with E-state index >= 15 is 0 Å². The van der Waals surface area contributed by atoms with E-state index in [1.165, 1.54) is 0 Å². The van der Waals surface area contributed by atoms with Crippen molar-refractivity contribution in [2.45, 2.75) is 38.7 Å². The Hall–Kier alpha value is -1.10. The van der Waals surface area contributed by atoms with Crippen LogP contribution >= 0.6 is 0 Å². The molecule has 0 saturated carbocycles. The maximum atomic E-state index is 11.7. The second-order valence-electron chi connectivity index (χ2n) is 4.00. The highest BCUT2D eigenvalue weighted by atomic mass is 16.5. The minimum absolute atomic E-state index is 0.00487. The summed E-state index contributed by atoms with van der Waals surface area (Å²) in [7, 11) is 0. The summed E-state index contributed by atoms with van der Waals surface area (Å²) >= 11 is 0. The van der Waals surface area contributed by atoms with Crippen molar-refractivity contribution in [3.05, 3.63) is 0 Å². The number of nitrogens with one attached hydrogen (secondary N) is 1. The molecule has 0 spiro atoms. The molecular formula is C11H19NO4. The minimum Gasteiger partial charge on any atom is -0.481 e. The van der Waals surface area contributed by atoms with Crippen molar-refractivity contribution in [2.75, 3.05) is 13.2 Å². The molecule has 1 rings (SSSR count). The average molecular weight is 229 g/mol. The second-order valence-corrected chi connectivity index (χ2v) is 4.00. The number of carbonyl (C=O) groups excluding carboxylic acids is 1. The van der Waals surface area contributed by atoms with Crippen LogP contribution in [0.15, 0.2) is 0 Å². The van der Waals surface area contributed by atoms with Crippen LogP contribution in [0.5, 0.6) is 0 Å². The van der Waals surface area contributed by atoms with Gasteiger partial charge in [0.15, 0.2) is 0 Å². The molecule has 5 heteroatoms. The zero-order valence-corrected chi connectivity index (χ0v) is 9.57. The van der Waals surface area contributed by atoms with Gasteiger partial charge in [-0.15, -0.1) is 0 Å². The highest BCUT2D eigenvalue weighted by Crippen LogP contribution is 2.23. The highest BCUT2D eigenvalue weighted by Gasteiger charge is 2.32. The molecule has 2 unspecified atom stereocenters. The Morgan fingerprint density at radius 1 is 1.50 bits per heavy atom. The standard InChI is InChI=1S/C11H19NO4/c1-2-9-8(5-7-16-9)11(15)12-6-3-4-10(13)14/h8-9H,2-7H2,1H3,(H,12,15)(H,13,14). The summed E-state index contributed by atoms with van der Waals surface area (Å²) in [6.45, 7) is 3.07. The van der Waals surface area contributed by atoms with Gasteiger partial charge in [-0.05, 0) is 19.3 Å². The molecular weight excluding hydrogens is 210 g/mol. The largest absolute Gasteiger partial charge is 0.481 e. The Balaban J connectivity index is 2.21. The third-order valence-electron chi connectivity index (χ3n) is 2.82. The molecule has 0 bridgehead atoms. The van der Waals surface area contributed by atoms with Gasteiger partial charge in [0.25, 0.3) is 0 Å². The molecule has 0 aromatic heterocycles. The summed E-state index contributed by atoms with van der Waals surface area (Å²) in [4.78, 5) is 22.0. The van der Waals surface area contributed by atoms with E-state index < -0.39 is 5.97 Å². The maximum Gasteiger partial charge on any atom is 0.303 e. The molecule has 1 aliphatic heterocycles. The van der Waals surface area contributed by atoms with Gasteiger partial charge in [0.2, 0.25) is 5.91 Å². The van der Waals surface area contributed by atoms with Gasteiger partial charge in [-0.25, -0.2) is 0 Å². The summed E-state index contributed by atoms with van der Waals surface area (Å²) in [5.74, 6) is -0.894. The van der Waals surface area contributed by atoms with Crippen molar-refractivity contribution < 1.29 is 19.4 Å². The minimum atomic E-state index is -0.829. The van der Waals surface area contributed by atoms with E-state index in [-0.39, 0.29) is 24.3 Å². The van der Waals surface area contributed by atoms with Crippen LogP contribution in [0, 0.1) is 5.92 Å². The molecule has 1 aliphatic rings. The van der Waals surface area contributed by atoms with Gasteiger partial charge in [0, 0.05) is 19.6 Å². The zero-order chi connectivity index (χ0) is 12.0. The van der Waals surface area contributed by atoms with E-state index in [1.807, 2.05) is 6.92 Å². The second kappa shape index (κ2) is 6.48. The lowest BCUT2D eigenvalue weighted by atomic mass is 9.99. The molecule has 1 fully saturated rings. The average Bonchev–Trinajstić information content (AvgIpc) is 2.71. The molecule has 1 amide bonds. The molecule has 0 aliphatic carbocycles. The first-order chi connectivity index (χ1) is 7.65. The number of amides is 1. The van der Waals surface area contributed by atoms with Crippen molar-refractivity contribution in [1.29, 1.82) is 0 Å². The molecule has 1 heterocycles. The fraction of sp³-hybridized carbons (Fsp3) is 0.818. The number of hydrogen-bond acceptors (Lipinski definition) is 3. The number of carboxylic acid groups (broad SMARTS) is 1. The highest BCUT2D eigenvalue weighted by molar-refractivity contribution is 5.79. The third-order valence-corrected chi connectivity index (χ3v) is 2.82. The van der Waals surface area contributed by atoms with Crippen molar-refractivity contribution in [2.24, 2.45) is 5.92 Å². The molecule has 2 atom stereocenters. The van der Waals surface area contributed by atoms with Crippen LogP contribution in [-0.4, -0.2) is 36.2 Å². The van der Waals surface area contributed by atoms with E-state index in [0.717, 1.165) is 12.8 Å². The Morgan fingerprint density at radius 3 is 2.88 bits per heavy atom. The molecule has 1 saturated heterocycles. The zero-order valence-electron chi connectivity index (χ0n) is 9.57. The van der Waals surface area contributed by atoms with Crippen LogP contribution in [0.3, 0.4) is 0 Å². The van der Waals surface area contributed by atoms with Crippen molar-refractivity contribution in [1.82, 2.24) is 5.32 Å². The van der Waals surface area contributed by atoms with Gasteiger partial charge in [-0.3, -0.25) is 9.59 Å². The van der Waals surface area contributed by atoms with Crippen LogP contribution in [0.4, 0.5) is 0 Å². The number of ether oxygens (including phenoxy) is 1. The van der Waals surface area contributed by atoms with E-state index in [1.54, 1.807) is 0 Å². The van der Waals surface area contributed by atoms with E-state index in [4.69, 9.17) is 9.84 Å². The van der Waals surface area contributed by atoms with Crippen LogP contribution < -0.4 is 5.32 Å². The fourth-order valence-corrected chi connectivity index (χ4v) is 1.93. The monoisotopic (exact) mass is 229 g/mol. The summed E-state index contributed by atoms with van der Waals surface area (Å²) in [6.07, 6.45) is 2.21. The van der Waals surface area contributed by atoms with Crippen LogP contribution in [0.2, 0.25) is 0 Å². The van der Waals surface area contributed by atoms with E-state index in [9.17, 15) is 9.59 Å². The van der Waals surface area contributed by atoms with E-state index in [0.29, 0.717) is 19.6 Å². The van der Waals surface area contributed by atoms with Crippen LogP contribution in [0.25, 0.3) is 0 Å². The van der Waals surface area contributed by atoms with Crippen molar-refractivity contribution >= 4 is 11.9 Å². The molecule has 0 aromatic carbocycles. The molecule has 16 heavy (non-hydrogen) atoms. The summed E-state index contributed by atoms with van der Waals surface area (Å²) < 4.78 is 5.43. The Morgan fingerprint density at radius 2 is 2.25 bits per heavy atom. The third kappa shape index (κ3) is 3.81. The van der Waals surface area contributed by atoms with Crippen molar-refractivity contribution in [3.63, 3.8) is 0 Å². The summed E-state index contributed by atoms with van der Waals surface area (Å²) in [5, 5.41) is 11.2. The predicted octanol–water partition coefficient (Wildman–Crippen LogP) is 0.782. The van der Waals surface area contributed by atoms with Crippen molar-refractivity contribution in [3.8, 4) is 0 Å². The first-order valence-electron chi connectivity index (χ1n) is 5.76. The first-order valence-corrected chi connectivity index (χ1v) is 5.76. The van der Waals surface area contributed by atoms with Gasteiger partial charge in [-0.1, -0.05) is 6.92 Å². The van der Waals surface area contributed by atoms with Crippen LogP contribution in [0.1, 0.15) is 32.6 Å². The van der Waals surface area contributed by atoms with Gasteiger partial charge in [0.1, 0.15) is 0 Å². The van der Waals surface area contributed by atoms with Gasteiger partial charge >= 0.3 is 5.97 Å². The van der Waals surface area contributed by atoms with Gasteiger partial charge in [0.05, 0.1) is 12.0 Å². The molecule has 2 N–H and O–H groups in total. The lowest BCUT2D eigenvalue weighted by Crippen LogP contribution is -2.35. The quantitative estimate of drug-likeness (QED) is 0.660. The molecule has 5 nitrogen and oxygen atoms in total. The molecule has 0 aromatic rings. The molecule has 0 radical (unpaired) electrons. The van der Waals surface area contributed by atoms with Gasteiger partial charge < -0.3 is 15.2 Å². The van der Waals surface area contributed by atoms with Crippen LogP contribution in [-0.2, 0) is 14.3 Å². The number of aliphatic carboxylic acids is 1. The normalized spacial score (nSPS) is 24.3.